The number of aryl methyl sites for hydroxylation is 1. The summed E-state index contributed by atoms with van der Waals surface area (Å²) in [6.07, 6.45) is 0.897. The standard InChI is InChI=1S/C16H15IO2/c1-2-12-5-3-4-6-16(12)19-11-15(18)13-7-9-14(17)10-8-13/h3-10H,2,11H2,1H3. The molecule has 2 aromatic carbocycles. The van der Waals surface area contributed by atoms with E-state index in [9.17, 15) is 4.79 Å². The van der Waals surface area contributed by atoms with E-state index in [1.54, 1.807) is 0 Å². The molecule has 0 fully saturated rings. The van der Waals surface area contributed by atoms with Crippen LogP contribution in [0.5, 0.6) is 5.75 Å². The first kappa shape index (κ1) is 14.1. The lowest BCUT2D eigenvalue weighted by Crippen LogP contribution is -2.12. The predicted molar refractivity (Wildman–Crippen MR) is 84.8 cm³/mol. The van der Waals surface area contributed by atoms with Crippen LogP contribution in [0.4, 0.5) is 0 Å². The molecule has 0 saturated carbocycles. The fraction of sp³-hybridized carbons (Fsp3) is 0.188. The van der Waals surface area contributed by atoms with Crippen molar-refractivity contribution in [3.05, 3.63) is 63.2 Å². The number of rotatable bonds is 5. The van der Waals surface area contributed by atoms with E-state index < -0.39 is 0 Å². The smallest absolute Gasteiger partial charge is 0.200 e. The second-order valence-electron chi connectivity index (χ2n) is 4.18. The second kappa shape index (κ2) is 6.70. The van der Waals surface area contributed by atoms with Crippen molar-refractivity contribution in [2.45, 2.75) is 13.3 Å². The first-order valence-electron chi connectivity index (χ1n) is 6.20. The predicted octanol–water partition coefficient (Wildman–Crippen LogP) is 4.12. The van der Waals surface area contributed by atoms with Crippen molar-refractivity contribution in [1.82, 2.24) is 0 Å². The van der Waals surface area contributed by atoms with Gasteiger partial charge in [0.2, 0.25) is 0 Å². The zero-order valence-electron chi connectivity index (χ0n) is 10.7. The third-order valence-corrected chi connectivity index (χ3v) is 3.60. The van der Waals surface area contributed by atoms with Gasteiger partial charge in [0.15, 0.2) is 12.4 Å². The van der Waals surface area contributed by atoms with E-state index in [0.29, 0.717) is 5.56 Å². The number of hydrogen-bond acceptors (Lipinski definition) is 2. The van der Waals surface area contributed by atoms with Gasteiger partial charge in [-0.25, -0.2) is 0 Å². The maximum atomic E-state index is 12.0. The molecule has 0 spiro atoms. The Balaban J connectivity index is 2.02. The number of ketones is 1. The second-order valence-corrected chi connectivity index (χ2v) is 5.43. The molecule has 0 aliphatic carbocycles. The lowest BCUT2D eigenvalue weighted by molar-refractivity contribution is 0.0921. The number of halogens is 1. The van der Waals surface area contributed by atoms with Crippen LogP contribution in [-0.4, -0.2) is 12.4 Å². The first-order valence-corrected chi connectivity index (χ1v) is 7.28. The minimum Gasteiger partial charge on any atom is -0.485 e. The zero-order chi connectivity index (χ0) is 13.7. The molecule has 0 atom stereocenters. The zero-order valence-corrected chi connectivity index (χ0v) is 12.9. The van der Waals surface area contributed by atoms with E-state index in [-0.39, 0.29) is 12.4 Å². The number of benzene rings is 2. The van der Waals surface area contributed by atoms with Crippen LogP contribution in [0.1, 0.15) is 22.8 Å². The van der Waals surface area contributed by atoms with Crippen LogP contribution in [-0.2, 0) is 6.42 Å². The van der Waals surface area contributed by atoms with Gasteiger partial charge in [0.05, 0.1) is 0 Å². The highest BCUT2D eigenvalue weighted by molar-refractivity contribution is 14.1. The SMILES string of the molecule is CCc1ccccc1OCC(=O)c1ccc(I)cc1. The number of ether oxygens (including phenoxy) is 1. The Kier molecular flexibility index (Phi) is 4.96. The van der Waals surface area contributed by atoms with Crippen LogP contribution in [0.25, 0.3) is 0 Å². The largest absolute Gasteiger partial charge is 0.485 e. The van der Waals surface area contributed by atoms with Gasteiger partial charge in [-0.3, -0.25) is 4.79 Å². The van der Waals surface area contributed by atoms with Crippen molar-refractivity contribution < 1.29 is 9.53 Å². The van der Waals surface area contributed by atoms with Gasteiger partial charge < -0.3 is 4.74 Å². The molecular weight excluding hydrogens is 351 g/mol. The molecule has 2 rings (SSSR count). The van der Waals surface area contributed by atoms with Gasteiger partial charge in [-0.05, 0) is 52.8 Å². The summed E-state index contributed by atoms with van der Waals surface area (Å²) in [4.78, 5) is 12.0. The van der Waals surface area contributed by atoms with Crippen LogP contribution in [0.15, 0.2) is 48.5 Å². The highest BCUT2D eigenvalue weighted by Crippen LogP contribution is 2.18. The van der Waals surface area contributed by atoms with Crippen molar-refractivity contribution in [3.63, 3.8) is 0 Å². The van der Waals surface area contributed by atoms with Crippen molar-refractivity contribution in [2.75, 3.05) is 6.61 Å². The molecule has 0 radical (unpaired) electrons. The number of carbonyl (C=O) groups excluding carboxylic acids is 1. The highest BCUT2D eigenvalue weighted by Gasteiger charge is 2.08. The van der Waals surface area contributed by atoms with Gasteiger partial charge in [0, 0.05) is 9.13 Å². The van der Waals surface area contributed by atoms with Crippen LogP contribution in [0.2, 0.25) is 0 Å². The molecule has 0 aromatic heterocycles. The lowest BCUT2D eigenvalue weighted by Gasteiger charge is -2.09. The number of Topliss-reactive ketones (excluding diaryl/α,β-unsaturated/α-hetero) is 1. The molecule has 0 unspecified atom stereocenters. The summed E-state index contributed by atoms with van der Waals surface area (Å²) in [5.41, 5.74) is 1.81. The number of hydrogen-bond donors (Lipinski definition) is 0. The molecule has 0 saturated heterocycles. The summed E-state index contributed by atoms with van der Waals surface area (Å²) in [5.74, 6) is 0.797. The Bertz CT molecular complexity index is 561. The molecular formula is C16H15IO2. The average Bonchev–Trinajstić information content (AvgIpc) is 2.45. The molecule has 0 N–H and O–H groups in total. The van der Waals surface area contributed by atoms with E-state index in [4.69, 9.17) is 4.74 Å². The topological polar surface area (TPSA) is 26.3 Å². The van der Waals surface area contributed by atoms with Gasteiger partial charge in [-0.15, -0.1) is 0 Å². The molecule has 0 heterocycles. The van der Waals surface area contributed by atoms with Crippen LogP contribution in [0.3, 0.4) is 0 Å². The van der Waals surface area contributed by atoms with Gasteiger partial charge in [0.25, 0.3) is 0 Å². The minimum absolute atomic E-state index is 0.00214. The summed E-state index contributed by atoms with van der Waals surface area (Å²) in [6, 6.07) is 15.3. The Hall–Kier alpha value is -1.36. The summed E-state index contributed by atoms with van der Waals surface area (Å²) < 4.78 is 6.74. The van der Waals surface area contributed by atoms with Crippen molar-refractivity contribution in [3.8, 4) is 5.75 Å². The van der Waals surface area contributed by atoms with Crippen molar-refractivity contribution in [2.24, 2.45) is 0 Å². The Morgan fingerprint density at radius 3 is 2.47 bits per heavy atom. The molecule has 0 aliphatic rings. The maximum Gasteiger partial charge on any atom is 0.200 e. The van der Waals surface area contributed by atoms with E-state index in [0.717, 1.165) is 21.3 Å². The van der Waals surface area contributed by atoms with Crippen LogP contribution < -0.4 is 4.74 Å². The van der Waals surface area contributed by atoms with Gasteiger partial charge in [-0.1, -0.05) is 37.3 Å². The number of para-hydroxylation sites is 1. The third-order valence-electron chi connectivity index (χ3n) is 2.88. The van der Waals surface area contributed by atoms with Crippen molar-refractivity contribution >= 4 is 28.4 Å². The van der Waals surface area contributed by atoms with Gasteiger partial charge in [-0.2, -0.15) is 0 Å². The monoisotopic (exact) mass is 366 g/mol. The maximum absolute atomic E-state index is 12.0. The molecule has 2 aromatic rings. The fourth-order valence-electron chi connectivity index (χ4n) is 1.80. The Morgan fingerprint density at radius 1 is 1.11 bits per heavy atom. The van der Waals surface area contributed by atoms with E-state index >= 15 is 0 Å². The third kappa shape index (κ3) is 3.80. The lowest BCUT2D eigenvalue weighted by atomic mass is 10.1. The van der Waals surface area contributed by atoms with Crippen molar-refractivity contribution in [1.29, 1.82) is 0 Å². The van der Waals surface area contributed by atoms with Gasteiger partial charge in [0.1, 0.15) is 5.75 Å². The van der Waals surface area contributed by atoms with E-state index in [1.165, 1.54) is 0 Å². The Labute approximate surface area is 126 Å². The molecule has 0 aliphatic heterocycles. The van der Waals surface area contributed by atoms with E-state index in [2.05, 4.69) is 29.5 Å². The fourth-order valence-corrected chi connectivity index (χ4v) is 2.16. The Morgan fingerprint density at radius 2 is 1.79 bits per heavy atom. The number of carbonyl (C=O) groups is 1. The molecule has 2 nitrogen and oxygen atoms in total. The molecule has 0 bridgehead atoms. The van der Waals surface area contributed by atoms with Crippen LogP contribution >= 0.6 is 22.6 Å². The highest BCUT2D eigenvalue weighted by atomic mass is 127. The average molecular weight is 366 g/mol. The molecule has 3 heteroatoms. The van der Waals surface area contributed by atoms with Gasteiger partial charge >= 0.3 is 0 Å². The van der Waals surface area contributed by atoms with Crippen LogP contribution in [0, 0.1) is 3.57 Å². The summed E-state index contributed by atoms with van der Waals surface area (Å²) in [5, 5.41) is 0. The normalized spacial score (nSPS) is 10.2. The quantitative estimate of drug-likeness (QED) is 0.588. The van der Waals surface area contributed by atoms with E-state index in [1.807, 2.05) is 48.5 Å². The summed E-state index contributed by atoms with van der Waals surface area (Å²) in [7, 11) is 0. The molecule has 98 valence electrons. The first-order chi connectivity index (χ1) is 9.20. The summed E-state index contributed by atoms with van der Waals surface area (Å²) >= 11 is 2.22. The minimum atomic E-state index is 0.00214. The molecule has 19 heavy (non-hydrogen) atoms. The summed E-state index contributed by atoms with van der Waals surface area (Å²) in [6.45, 7) is 2.15. The molecule has 0 amide bonds.